The van der Waals surface area contributed by atoms with E-state index in [0.717, 1.165) is 50.7 Å². The number of hydrogen-bond acceptors (Lipinski definition) is 5. The summed E-state index contributed by atoms with van der Waals surface area (Å²) in [6.07, 6.45) is 4.78. The lowest BCUT2D eigenvalue weighted by Crippen LogP contribution is -2.68. The lowest BCUT2D eigenvalue weighted by Gasteiger charge is -2.48. The Balaban J connectivity index is 1.74. The lowest BCUT2D eigenvalue weighted by atomic mass is 9.85. The first kappa shape index (κ1) is 29.3. The van der Waals surface area contributed by atoms with Crippen molar-refractivity contribution in [3.63, 3.8) is 0 Å². The minimum atomic E-state index is -0.908. The number of piperazine rings is 1. The molecule has 0 spiro atoms. The number of likely N-dealkylation sites (tertiary alicyclic amines) is 1. The monoisotopic (exact) mass is 512 g/mol. The van der Waals surface area contributed by atoms with E-state index in [2.05, 4.69) is 37.9 Å². The van der Waals surface area contributed by atoms with E-state index in [9.17, 15) is 14.4 Å². The van der Waals surface area contributed by atoms with Gasteiger partial charge in [0.05, 0.1) is 6.04 Å². The fourth-order valence-corrected chi connectivity index (χ4v) is 6.09. The molecular weight excluding hydrogens is 464 g/mol. The Labute approximate surface area is 223 Å². The van der Waals surface area contributed by atoms with Gasteiger partial charge in [-0.15, -0.1) is 0 Å². The van der Waals surface area contributed by atoms with Gasteiger partial charge in [0.15, 0.2) is 0 Å². The van der Waals surface area contributed by atoms with Crippen LogP contribution in [-0.4, -0.2) is 89.7 Å². The number of hydrogen-bond donors (Lipinski definition) is 1. The average molecular weight is 513 g/mol. The number of aldehydes is 1. The third kappa shape index (κ3) is 7.64. The van der Waals surface area contributed by atoms with Crippen LogP contribution in [-0.2, 0) is 20.8 Å². The molecule has 0 saturated carbocycles. The van der Waals surface area contributed by atoms with Crippen molar-refractivity contribution in [1.29, 1.82) is 0 Å². The van der Waals surface area contributed by atoms with E-state index in [4.69, 9.17) is 0 Å². The van der Waals surface area contributed by atoms with Gasteiger partial charge in [-0.3, -0.25) is 9.59 Å². The molecule has 2 heterocycles. The van der Waals surface area contributed by atoms with E-state index in [1.807, 2.05) is 47.1 Å². The molecule has 2 fully saturated rings. The third-order valence-corrected chi connectivity index (χ3v) is 8.06. The molecule has 206 valence electrons. The van der Waals surface area contributed by atoms with Crippen LogP contribution in [0.15, 0.2) is 30.3 Å². The highest BCUT2D eigenvalue weighted by Crippen LogP contribution is 2.28. The molecule has 0 radical (unpaired) electrons. The summed E-state index contributed by atoms with van der Waals surface area (Å²) in [4.78, 5) is 45.6. The average Bonchev–Trinajstić information content (AvgIpc) is 2.86. The predicted molar refractivity (Wildman–Crippen MR) is 148 cm³/mol. The summed E-state index contributed by atoms with van der Waals surface area (Å²) in [5.74, 6) is 1.04. The third-order valence-electron chi connectivity index (χ3n) is 8.06. The van der Waals surface area contributed by atoms with Crippen LogP contribution in [0.2, 0.25) is 0 Å². The number of piperidine rings is 1. The molecule has 1 aromatic carbocycles. The topological polar surface area (TPSA) is 73.0 Å². The first-order chi connectivity index (χ1) is 17.7. The molecule has 3 rings (SSSR count). The van der Waals surface area contributed by atoms with E-state index < -0.39 is 5.54 Å². The van der Waals surface area contributed by atoms with E-state index in [-0.39, 0.29) is 23.9 Å². The molecule has 7 nitrogen and oxygen atoms in total. The van der Waals surface area contributed by atoms with Gasteiger partial charge >= 0.3 is 0 Å². The van der Waals surface area contributed by atoms with Crippen molar-refractivity contribution in [3.05, 3.63) is 35.9 Å². The zero-order chi connectivity index (χ0) is 27.0. The van der Waals surface area contributed by atoms with Crippen LogP contribution in [0.25, 0.3) is 0 Å². The van der Waals surface area contributed by atoms with E-state index in [0.29, 0.717) is 44.3 Å². The van der Waals surface area contributed by atoms with Gasteiger partial charge in [0.1, 0.15) is 11.8 Å². The van der Waals surface area contributed by atoms with Crippen molar-refractivity contribution in [3.8, 4) is 0 Å². The number of benzene rings is 1. The van der Waals surface area contributed by atoms with Gasteiger partial charge in [-0.2, -0.15) is 0 Å². The standard InChI is InChI=1S/C30H48N4O3/c1-6-33(24(4)5)28(36)19-25-12-15-32(16-13-25)21-30(22-35,20-26-10-8-7-9-11-26)34-17-14-31-27(29(34)37)18-23(2)3/h7-11,22-25,27,31H,6,12-21H2,1-5H3/t27-,30+/m0/s1. The molecule has 2 aliphatic rings. The summed E-state index contributed by atoms with van der Waals surface area (Å²) in [6, 6.07) is 10.0. The molecule has 2 amide bonds. The Bertz CT molecular complexity index is 882. The van der Waals surface area contributed by atoms with Gasteiger partial charge in [-0.1, -0.05) is 44.2 Å². The second-order valence-corrected chi connectivity index (χ2v) is 11.7. The zero-order valence-corrected chi connectivity index (χ0v) is 23.6. The molecule has 0 bridgehead atoms. The normalized spacial score (nSPS) is 21.3. The number of carbonyl (C=O) groups excluding carboxylic acids is 3. The number of nitrogens with one attached hydrogen (secondary N) is 1. The smallest absolute Gasteiger partial charge is 0.240 e. The Morgan fingerprint density at radius 2 is 1.81 bits per heavy atom. The zero-order valence-electron chi connectivity index (χ0n) is 23.6. The summed E-state index contributed by atoms with van der Waals surface area (Å²) in [6.45, 7) is 14.6. The van der Waals surface area contributed by atoms with Crippen LogP contribution in [0.5, 0.6) is 0 Å². The van der Waals surface area contributed by atoms with Crippen molar-refractivity contribution in [2.45, 2.75) is 84.3 Å². The molecule has 1 N–H and O–H groups in total. The summed E-state index contributed by atoms with van der Waals surface area (Å²) >= 11 is 0. The predicted octanol–water partition coefficient (Wildman–Crippen LogP) is 3.37. The highest BCUT2D eigenvalue weighted by Gasteiger charge is 2.45. The van der Waals surface area contributed by atoms with Gasteiger partial charge in [0, 0.05) is 45.1 Å². The van der Waals surface area contributed by atoms with Crippen molar-refractivity contribution in [2.24, 2.45) is 11.8 Å². The molecule has 37 heavy (non-hydrogen) atoms. The SMILES string of the molecule is CCN(C(=O)CC1CCN(C[C@@](C=O)(Cc2ccccc2)N2CCN[C@@H](CC(C)C)C2=O)CC1)C(C)C. The molecule has 0 aliphatic carbocycles. The Morgan fingerprint density at radius 3 is 2.38 bits per heavy atom. The van der Waals surface area contributed by atoms with Crippen LogP contribution >= 0.6 is 0 Å². The van der Waals surface area contributed by atoms with Gasteiger partial charge in [0.25, 0.3) is 0 Å². The molecule has 1 aromatic rings. The summed E-state index contributed by atoms with van der Waals surface area (Å²) < 4.78 is 0. The summed E-state index contributed by atoms with van der Waals surface area (Å²) in [5, 5.41) is 3.38. The molecule has 2 saturated heterocycles. The maximum absolute atomic E-state index is 13.7. The minimum absolute atomic E-state index is 0.0387. The lowest BCUT2D eigenvalue weighted by molar-refractivity contribution is -0.148. The number of carbonyl (C=O) groups is 3. The minimum Gasteiger partial charge on any atom is -0.341 e. The maximum Gasteiger partial charge on any atom is 0.240 e. The summed E-state index contributed by atoms with van der Waals surface area (Å²) in [5.41, 5.74) is 0.157. The fourth-order valence-electron chi connectivity index (χ4n) is 6.09. The van der Waals surface area contributed by atoms with Gasteiger partial charge < -0.3 is 24.8 Å². The van der Waals surface area contributed by atoms with Crippen LogP contribution in [0.1, 0.15) is 65.9 Å². The number of amides is 2. The van der Waals surface area contributed by atoms with Gasteiger partial charge in [-0.25, -0.2) is 0 Å². The Morgan fingerprint density at radius 1 is 1.14 bits per heavy atom. The molecule has 7 heteroatoms. The molecule has 2 atom stereocenters. The molecule has 0 unspecified atom stereocenters. The second kappa shape index (κ2) is 13.5. The molecule has 2 aliphatic heterocycles. The van der Waals surface area contributed by atoms with Crippen LogP contribution < -0.4 is 5.32 Å². The van der Waals surface area contributed by atoms with Gasteiger partial charge in [-0.05, 0) is 70.5 Å². The van der Waals surface area contributed by atoms with Crippen molar-refractivity contribution in [2.75, 3.05) is 39.3 Å². The van der Waals surface area contributed by atoms with Crippen molar-refractivity contribution < 1.29 is 14.4 Å². The number of rotatable bonds is 12. The van der Waals surface area contributed by atoms with E-state index >= 15 is 0 Å². The van der Waals surface area contributed by atoms with E-state index in [1.165, 1.54) is 0 Å². The summed E-state index contributed by atoms with van der Waals surface area (Å²) in [7, 11) is 0. The first-order valence-electron chi connectivity index (χ1n) is 14.3. The first-order valence-corrected chi connectivity index (χ1v) is 14.3. The second-order valence-electron chi connectivity index (χ2n) is 11.7. The Hall–Kier alpha value is -2.25. The van der Waals surface area contributed by atoms with Crippen molar-refractivity contribution >= 4 is 18.1 Å². The maximum atomic E-state index is 13.7. The Kier molecular flexibility index (Phi) is 10.7. The van der Waals surface area contributed by atoms with Gasteiger partial charge in [0.2, 0.25) is 11.8 Å². The van der Waals surface area contributed by atoms with E-state index in [1.54, 1.807) is 0 Å². The van der Waals surface area contributed by atoms with Crippen LogP contribution in [0, 0.1) is 11.8 Å². The fraction of sp³-hybridized carbons (Fsp3) is 0.700. The molecular formula is C30H48N4O3. The van der Waals surface area contributed by atoms with Crippen LogP contribution in [0.3, 0.4) is 0 Å². The highest BCUT2D eigenvalue weighted by atomic mass is 16.2. The molecule has 0 aromatic heterocycles. The highest BCUT2D eigenvalue weighted by molar-refractivity contribution is 5.87. The largest absolute Gasteiger partial charge is 0.341 e. The van der Waals surface area contributed by atoms with Crippen LogP contribution in [0.4, 0.5) is 0 Å². The quantitative estimate of drug-likeness (QED) is 0.435. The number of nitrogens with zero attached hydrogens (tertiary/aromatic N) is 3. The van der Waals surface area contributed by atoms with Crippen molar-refractivity contribution in [1.82, 2.24) is 20.0 Å².